The number of nitrogens with two attached hydrogens (primary N) is 2. The fourth-order valence-electron chi connectivity index (χ4n) is 1.81. The number of benzene rings is 2. The van der Waals surface area contributed by atoms with Crippen molar-refractivity contribution in [2.75, 3.05) is 0 Å². The minimum Gasteiger partial charge on any atom is -0.321 e. The van der Waals surface area contributed by atoms with E-state index in [1.807, 2.05) is 72.8 Å². The van der Waals surface area contributed by atoms with Crippen LogP contribution in [0, 0.1) is 0 Å². The molecule has 0 saturated heterocycles. The Labute approximate surface area is 108 Å². The first-order valence-electron chi connectivity index (χ1n) is 6.07. The standard InChI is InChI=1S/C16H18N2/c17-15(13-7-3-1-4-8-13)11-12-16(18)14-9-5-2-6-10-14/h1-12,15-16H,17-18H2. The van der Waals surface area contributed by atoms with Gasteiger partial charge in [-0.2, -0.15) is 0 Å². The van der Waals surface area contributed by atoms with Gasteiger partial charge in [-0.25, -0.2) is 0 Å². The lowest BCUT2D eigenvalue weighted by Crippen LogP contribution is -2.10. The third-order valence-corrected chi connectivity index (χ3v) is 2.89. The number of rotatable bonds is 4. The smallest absolute Gasteiger partial charge is 0.0481 e. The van der Waals surface area contributed by atoms with Crippen molar-refractivity contribution < 1.29 is 0 Å². The quantitative estimate of drug-likeness (QED) is 0.805. The van der Waals surface area contributed by atoms with E-state index in [1.54, 1.807) is 0 Å². The molecule has 2 atom stereocenters. The van der Waals surface area contributed by atoms with Gasteiger partial charge in [-0.15, -0.1) is 0 Å². The van der Waals surface area contributed by atoms with E-state index in [2.05, 4.69) is 0 Å². The van der Waals surface area contributed by atoms with Gasteiger partial charge < -0.3 is 11.5 Å². The molecule has 2 nitrogen and oxygen atoms in total. The number of hydrogen-bond acceptors (Lipinski definition) is 2. The van der Waals surface area contributed by atoms with E-state index in [4.69, 9.17) is 11.5 Å². The zero-order valence-electron chi connectivity index (χ0n) is 10.2. The van der Waals surface area contributed by atoms with Gasteiger partial charge in [0.2, 0.25) is 0 Å². The third kappa shape index (κ3) is 3.29. The van der Waals surface area contributed by atoms with Crippen molar-refractivity contribution in [2.24, 2.45) is 11.5 Å². The van der Waals surface area contributed by atoms with Gasteiger partial charge in [-0.1, -0.05) is 72.8 Å². The zero-order valence-corrected chi connectivity index (χ0v) is 10.2. The largest absolute Gasteiger partial charge is 0.321 e. The van der Waals surface area contributed by atoms with Gasteiger partial charge in [0.15, 0.2) is 0 Å². The Morgan fingerprint density at radius 1 is 0.611 bits per heavy atom. The summed E-state index contributed by atoms with van der Waals surface area (Å²) in [6.45, 7) is 0. The first-order valence-corrected chi connectivity index (χ1v) is 6.07. The Hall–Kier alpha value is -1.90. The van der Waals surface area contributed by atoms with Crippen molar-refractivity contribution in [1.29, 1.82) is 0 Å². The molecule has 0 bridgehead atoms. The second-order valence-corrected chi connectivity index (χ2v) is 4.26. The minimum absolute atomic E-state index is 0.110. The first kappa shape index (κ1) is 12.6. The molecule has 0 aromatic heterocycles. The van der Waals surface area contributed by atoms with Crippen LogP contribution in [-0.2, 0) is 0 Å². The summed E-state index contributed by atoms with van der Waals surface area (Å²) in [5.74, 6) is 0. The summed E-state index contributed by atoms with van der Waals surface area (Å²) >= 11 is 0. The molecule has 0 saturated carbocycles. The Morgan fingerprint density at radius 2 is 0.944 bits per heavy atom. The minimum atomic E-state index is -0.110. The lowest BCUT2D eigenvalue weighted by atomic mass is 10.0. The van der Waals surface area contributed by atoms with Crippen molar-refractivity contribution >= 4 is 0 Å². The van der Waals surface area contributed by atoms with Gasteiger partial charge in [0.25, 0.3) is 0 Å². The highest BCUT2D eigenvalue weighted by Crippen LogP contribution is 2.15. The first-order chi connectivity index (χ1) is 8.77. The van der Waals surface area contributed by atoms with Gasteiger partial charge in [0.1, 0.15) is 0 Å². The van der Waals surface area contributed by atoms with Crippen LogP contribution in [-0.4, -0.2) is 0 Å². The molecule has 0 spiro atoms. The van der Waals surface area contributed by atoms with Crippen LogP contribution in [0.25, 0.3) is 0 Å². The molecule has 2 aromatic rings. The van der Waals surface area contributed by atoms with E-state index >= 15 is 0 Å². The monoisotopic (exact) mass is 238 g/mol. The van der Waals surface area contributed by atoms with Crippen LogP contribution >= 0.6 is 0 Å². The van der Waals surface area contributed by atoms with Gasteiger partial charge in [-0.3, -0.25) is 0 Å². The predicted octanol–water partition coefficient (Wildman–Crippen LogP) is 2.94. The zero-order chi connectivity index (χ0) is 12.8. The van der Waals surface area contributed by atoms with E-state index < -0.39 is 0 Å². The maximum Gasteiger partial charge on any atom is 0.0481 e. The van der Waals surface area contributed by atoms with Crippen LogP contribution in [0.2, 0.25) is 0 Å². The van der Waals surface area contributed by atoms with E-state index in [1.165, 1.54) is 0 Å². The van der Waals surface area contributed by atoms with Gasteiger partial charge in [-0.05, 0) is 11.1 Å². The molecular formula is C16H18N2. The van der Waals surface area contributed by atoms with Crippen molar-refractivity contribution in [2.45, 2.75) is 12.1 Å². The maximum absolute atomic E-state index is 6.08. The lowest BCUT2D eigenvalue weighted by Gasteiger charge is -2.09. The van der Waals surface area contributed by atoms with Crippen LogP contribution in [0.4, 0.5) is 0 Å². The van der Waals surface area contributed by atoms with Gasteiger partial charge >= 0.3 is 0 Å². The molecule has 4 N–H and O–H groups in total. The Balaban J connectivity index is 2.03. The highest BCUT2D eigenvalue weighted by Gasteiger charge is 2.03. The Morgan fingerprint density at radius 3 is 1.28 bits per heavy atom. The number of hydrogen-bond donors (Lipinski definition) is 2. The van der Waals surface area contributed by atoms with E-state index in [0.29, 0.717) is 0 Å². The van der Waals surface area contributed by atoms with Crippen molar-refractivity contribution in [3.8, 4) is 0 Å². The molecule has 0 fully saturated rings. The summed E-state index contributed by atoms with van der Waals surface area (Å²) in [6.07, 6.45) is 3.90. The summed E-state index contributed by atoms with van der Waals surface area (Å²) in [5.41, 5.74) is 14.3. The van der Waals surface area contributed by atoms with Crippen LogP contribution < -0.4 is 11.5 Å². The molecule has 0 aliphatic rings. The highest BCUT2D eigenvalue weighted by atomic mass is 14.6. The molecule has 0 aliphatic carbocycles. The van der Waals surface area contributed by atoms with Crippen LogP contribution in [0.3, 0.4) is 0 Å². The Kier molecular flexibility index (Phi) is 4.29. The van der Waals surface area contributed by atoms with Crippen molar-refractivity contribution in [1.82, 2.24) is 0 Å². The predicted molar refractivity (Wildman–Crippen MR) is 75.9 cm³/mol. The molecule has 18 heavy (non-hydrogen) atoms. The van der Waals surface area contributed by atoms with Gasteiger partial charge in [0, 0.05) is 12.1 Å². The lowest BCUT2D eigenvalue weighted by molar-refractivity contribution is 0.862. The molecule has 0 heterocycles. The molecule has 2 heteroatoms. The molecule has 0 amide bonds. The summed E-state index contributed by atoms with van der Waals surface area (Å²) < 4.78 is 0. The molecule has 0 aliphatic heterocycles. The molecule has 2 aromatic carbocycles. The molecule has 2 unspecified atom stereocenters. The second kappa shape index (κ2) is 6.15. The van der Waals surface area contributed by atoms with E-state index in [-0.39, 0.29) is 12.1 Å². The van der Waals surface area contributed by atoms with Crippen LogP contribution in [0.1, 0.15) is 23.2 Å². The van der Waals surface area contributed by atoms with E-state index in [0.717, 1.165) is 11.1 Å². The summed E-state index contributed by atoms with van der Waals surface area (Å²) in [5, 5.41) is 0. The normalized spacial score (nSPS) is 14.6. The second-order valence-electron chi connectivity index (χ2n) is 4.26. The highest BCUT2D eigenvalue weighted by molar-refractivity contribution is 5.26. The summed E-state index contributed by atoms with van der Waals surface area (Å²) in [7, 11) is 0. The third-order valence-electron chi connectivity index (χ3n) is 2.89. The summed E-state index contributed by atoms with van der Waals surface area (Å²) in [4.78, 5) is 0. The van der Waals surface area contributed by atoms with Gasteiger partial charge in [0.05, 0.1) is 0 Å². The van der Waals surface area contributed by atoms with Crippen molar-refractivity contribution in [3.63, 3.8) is 0 Å². The van der Waals surface area contributed by atoms with Crippen LogP contribution in [0.15, 0.2) is 72.8 Å². The molecular weight excluding hydrogens is 220 g/mol. The topological polar surface area (TPSA) is 52.0 Å². The fraction of sp³-hybridized carbons (Fsp3) is 0.125. The average molecular weight is 238 g/mol. The average Bonchev–Trinajstić information content (AvgIpc) is 2.46. The molecule has 2 rings (SSSR count). The van der Waals surface area contributed by atoms with E-state index in [9.17, 15) is 0 Å². The summed E-state index contributed by atoms with van der Waals surface area (Å²) in [6, 6.07) is 19.8. The Bertz CT molecular complexity index is 444. The molecule has 92 valence electrons. The fourth-order valence-corrected chi connectivity index (χ4v) is 1.81. The molecule has 0 radical (unpaired) electrons. The van der Waals surface area contributed by atoms with Crippen LogP contribution in [0.5, 0.6) is 0 Å². The SMILES string of the molecule is NC(C=CC(N)c1ccccc1)c1ccccc1. The maximum atomic E-state index is 6.08. The van der Waals surface area contributed by atoms with Crippen molar-refractivity contribution in [3.05, 3.63) is 83.9 Å².